The molecule has 1 unspecified atom stereocenters. The van der Waals surface area contributed by atoms with Crippen molar-refractivity contribution in [1.82, 2.24) is 0 Å². The molecule has 4 rings (SSSR count). The maximum absolute atomic E-state index is 6.17. The van der Waals surface area contributed by atoms with Crippen molar-refractivity contribution in [1.29, 1.82) is 0 Å². The molecule has 1 fully saturated rings. The lowest BCUT2D eigenvalue weighted by Gasteiger charge is -2.37. The van der Waals surface area contributed by atoms with Crippen LogP contribution in [0.1, 0.15) is 52.2 Å². The van der Waals surface area contributed by atoms with Crippen LogP contribution < -0.4 is 10.4 Å². The summed E-state index contributed by atoms with van der Waals surface area (Å²) in [6.07, 6.45) is 2.39. The number of rotatable bonds is 3. The summed E-state index contributed by atoms with van der Waals surface area (Å²) in [5.74, 6) is 0. The Labute approximate surface area is 163 Å². The van der Waals surface area contributed by atoms with Gasteiger partial charge < -0.3 is 14.2 Å². The summed E-state index contributed by atoms with van der Waals surface area (Å²) in [4.78, 5) is 2.53. The van der Waals surface area contributed by atoms with Crippen LogP contribution in [0.25, 0.3) is 0 Å². The number of benzene rings is 2. The van der Waals surface area contributed by atoms with Gasteiger partial charge in [0, 0.05) is 18.3 Å². The van der Waals surface area contributed by atoms with E-state index in [1.807, 2.05) is 0 Å². The number of anilines is 1. The van der Waals surface area contributed by atoms with Crippen molar-refractivity contribution in [3.8, 4) is 0 Å². The molecule has 2 aliphatic heterocycles. The summed E-state index contributed by atoms with van der Waals surface area (Å²) in [6, 6.07) is 18.1. The van der Waals surface area contributed by atoms with Crippen molar-refractivity contribution in [3.05, 3.63) is 59.7 Å². The molecular weight excluding hydrogens is 333 g/mol. The van der Waals surface area contributed by atoms with Crippen LogP contribution in [0.5, 0.6) is 0 Å². The summed E-state index contributed by atoms with van der Waals surface area (Å²) in [7, 11) is -0.293. The third-order valence-corrected chi connectivity index (χ3v) is 6.52. The molecule has 0 amide bonds. The standard InChI is InChI=1S/C23H30BNO2/c1-17-10-13-19-8-6-7-9-21(19)25(17)16-18-11-14-20(15-12-18)24-26-22(2,3)23(4,5)27-24/h6-9,11-12,14-15,17H,10,13,16H2,1-5H3. The molecule has 2 heterocycles. The van der Waals surface area contributed by atoms with Gasteiger partial charge in [-0.15, -0.1) is 0 Å². The minimum Gasteiger partial charge on any atom is -0.399 e. The van der Waals surface area contributed by atoms with Crippen LogP contribution in [0.3, 0.4) is 0 Å². The Morgan fingerprint density at radius 1 is 0.963 bits per heavy atom. The van der Waals surface area contributed by atoms with E-state index >= 15 is 0 Å². The van der Waals surface area contributed by atoms with Gasteiger partial charge in [0.1, 0.15) is 0 Å². The molecule has 0 saturated carbocycles. The van der Waals surface area contributed by atoms with Crippen molar-refractivity contribution in [2.24, 2.45) is 0 Å². The number of nitrogens with zero attached hydrogens (tertiary/aromatic N) is 1. The Hall–Kier alpha value is -1.78. The van der Waals surface area contributed by atoms with Gasteiger partial charge in [-0.2, -0.15) is 0 Å². The van der Waals surface area contributed by atoms with Crippen LogP contribution in [0.2, 0.25) is 0 Å². The SMILES string of the molecule is CC1CCc2ccccc2N1Cc1ccc(B2OC(C)(C)C(C)(C)O2)cc1. The largest absolute Gasteiger partial charge is 0.494 e. The second-order valence-corrected chi connectivity index (χ2v) is 8.97. The van der Waals surface area contributed by atoms with Gasteiger partial charge in [-0.3, -0.25) is 0 Å². The smallest absolute Gasteiger partial charge is 0.399 e. The quantitative estimate of drug-likeness (QED) is 0.758. The van der Waals surface area contributed by atoms with E-state index in [1.165, 1.54) is 29.7 Å². The van der Waals surface area contributed by atoms with E-state index in [4.69, 9.17) is 9.31 Å². The Morgan fingerprint density at radius 3 is 2.26 bits per heavy atom. The van der Waals surface area contributed by atoms with Crippen LogP contribution in [0, 0.1) is 0 Å². The number of fused-ring (bicyclic) bond motifs is 1. The highest BCUT2D eigenvalue weighted by Crippen LogP contribution is 2.36. The van der Waals surface area contributed by atoms with Crippen molar-refractivity contribution in [2.45, 2.75) is 71.2 Å². The molecule has 4 heteroatoms. The monoisotopic (exact) mass is 363 g/mol. The Balaban J connectivity index is 1.51. The van der Waals surface area contributed by atoms with Crippen molar-refractivity contribution >= 4 is 18.3 Å². The molecule has 0 N–H and O–H groups in total. The molecule has 142 valence electrons. The van der Waals surface area contributed by atoms with Gasteiger partial charge in [0.15, 0.2) is 0 Å². The van der Waals surface area contributed by atoms with Crippen LogP contribution in [-0.4, -0.2) is 24.4 Å². The zero-order valence-corrected chi connectivity index (χ0v) is 17.2. The maximum Gasteiger partial charge on any atom is 0.494 e. The predicted octanol–water partition coefficient (Wildman–Crippen LogP) is 4.33. The lowest BCUT2D eigenvalue weighted by atomic mass is 9.79. The Morgan fingerprint density at radius 2 is 1.59 bits per heavy atom. The molecule has 1 atom stereocenters. The first-order valence-corrected chi connectivity index (χ1v) is 10.1. The number of para-hydroxylation sites is 1. The molecule has 1 saturated heterocycles. The normalized spacial score (nSPS) is 23.4. The fraction of sp³-hybridized carbons (Fsp3) is 0.478. The van der Waals surface area contributed by atoms with E-state index in [0.717, 1.165) is 12.0 Å². The first-order chi connectivity index (χ1) is 12.8. The Bertz CT molecular complexity index is 799. The second-order valence-electron chi connectivity index (χ2n) is 8.97. The van der Waals surface area contributed by atoms with Crippen LogP contribution in [0.15, 0.2) is 48.5 Å². The van der Waals surface area contributed by atoms with Crippen LogP contribution in [-0.2, 0) is 22.3 Å². The molecule has 0 bridgehead atoms. The fourth-order valence-electron chi connectivity index (χ4n) is 3.96. The van der Waals surface area contributed by atoms with Gasteiger partial charge in [0.2, 0.25) is 0 Å². The average molecular weight is 363 g/mol. The highest BCUT2D eigenvalue weighted by molar-refractivity contribution is 6.62. The van der Waals surface area contributed by atoms with E-state index in [-0.39, 0.29) is 18.3 Å². The zero-order chi connectivity index (χ0) is 19.2. The van der Waals surface area contributed by atoms with E-state index in [0.29, 0.717) is 6.04 Å². The first kappa shape index (κ1) is 18.6. The van der Waals surface area contributed by atoms with Crippen LogP contribution >= 0.6 is 0 Å². The fourth-order valence-corrected chi connectivity index (χ4v) is 3.96. The summed E-state index contributed by atoms with van der Waals surface area (Å²) in [6.45, 7) is 11.6. The number of hydrogen-bond donors (Lipinski definition) is 0. The third kappa shape index (κ3) is 3.41. The van der Waals surface area contributed by atoms with Gasteiger partial charge >= 0.3 is 7.12 Å². The molecule has 0 spiro atoms. The van der Waals surface area contributed by atoms with Crippen LogP contribution in [0.4, 0.5) is 5.69 Å². The van der Waals surface area contributed by atoms with Crippen molar-refractivity contribution in [3.63, 3.8) is 0 Å². The van der Waals surface area contributed by atoms with Crippen molar-refractivity contribution < 1.29 is 9.31 Å². The lowest BCUT2D eigenvalue weighted by Crippen LogP contribution is -2.41. The molecule has 2 aromatic carbocycles. The first-order valence-electron chi connectivity index (χ1n) is 10.1. The summed E-state index contributed by atoms with van der Waals surface area (Å²) in [5, 5.41) is 0. The molecule has 3 nitrogen and oxygen atoms in total. The van der Waals surface area contributed by atoms with Gasteiger partial charge in [0.25, 0.3) is 0 Å². The highest BCUT2D eigenvalue weighted by atomic mass is 16.7. The average Bonchev–Trinajstić information content (AvgIpc) is 2.86. The van der Waals surface area contributed by atoms with E-state index in [1.54, 1.807) is 0 Å². The second kappa shape index (κ2) is 6.68. The number of aryl methyl sites for hydroxylation is 1. The van der Waals surface area contributed by atoms with Gasteiger partial charge in [0.05, 0.1) is 11.2 Å². The minimum atomic E-state index is -0.302. The topological polar surface area (TPSA) is 21.7 Å². The molecule has 0 aliphatic carbocycles. The third-order valence-electron chi connectivity index (χ3n) is 6.52. The van der Waals surface area contributed by atoms with Crippen molar-refractivity contribution in [2.75, 3.05) is 4.90 Å². The molecule has 0 radical (unpaired) electrons. The van der Waals surface area contributed by atoms with E-state index in [2.05, 4.69) is 88.0 Å². The summed E-state index contributed by atoms with van der Waals surface area (Å²) < 4.78 is 12.3. The highest BCUT2D eigenvalue weighted by Gasteiger charge is 2.51. The van der Waals surface area contributed by atoms with Gasteiger partial charge in [-0.05, 0) is 70.1 Å². The molecule has 27 heavy (non-hydrogen) atoms. The molecule has 2 aromatic rings. The lowest BCUT2D eigenvalue weighted by molar-refractivity contribution is 0.00578. The molecular formula is C23H30BNO2. The van der Waals surface area contributed by atoms with Gasteiger partial charge in [-0.1, -0.05) is 42.5 Å². The maximum atomic E-state index is 6.17. The van der Waals surface area contributed by atoms with Gasteiger partial charge in [-0.25, -0.2) is 0 Å². The molecule has 0 aromatic heterocycles. The predicted molar refractivity (Wildman–Crippen MR) is 113 cm³/mol. The zero-order valence-electron chi connectivity index (χ0n) is 17.2. The molecule has 2 aliphatic rings. The van der Waals surface area contributed by atoms with E-state index in [9.17, 15) is 0 Å². The minimum absolute atomic E-state index is 0.293. The Kier molecular flexibility index (Phi) is 4.60. The summed E-state index contributed by atoms with van der Waals surface area (Å²) >= 11 is 0. The summed E-state index contributed by atoms with van der Waals surface area (Å²) in [5.41, 5.74) is 4.64. The number of hydrogen-bond acceptors (Lipinski definition) is 3. The van der Waals surface area contributed by atoms with E-state index < -0.39 is 0 Å².